The third-order valence-electron chi connectivity index (χ3n) is 2.42. The Morgan fingerprint density at radius 2 is 2.11 bits per heavy atom. The van der Waals surface area contributed by atoms with Gasteiger partial charge in [0.1, 0.15) is 5.60 Å². The first kappa shape index (κ1) is 15.5. The van der Waals surface area contributed by atoms with Crippen LogP contribution in [-0.4, -0.2) is 22.9 Å². The number of aryl methyl sites for hydroxylation is 1. The lowest BCUT2D eigenvalue weighted by molar-refractivity contribution is 0.0636. The summed E-state index contributed by atoms with van der Waals surface area (Å²) < 4.78 is 5.19. The number of hydrogen-bond acceptors (Lipinski definition) is 3. The Morgan fingerprint density at radius 1 is 1.42 bits per heavy atom. The summed E-state index contributed by atoms with van der Waals surface area (Å²) >= 11 is 0. The van der Waals surface area contributed by atoms with Crippen LogP contribution >= 0.6 is 0 Å². The third-order valence-corrected chi connectivity index (χ3v) is 2.42. The number of hydrogen-bond donors (Lipinski definition) is 2. The molecule has 1 atom stereocenters. The molecule has 2 N–H and O–H groups in total. The van der Waals surface area contributed by atoms with Crippen LogP contribution in [0.2, 0.25) is 0 Å². The van der Waals surface area contributed by atoms with E-state index >= 15 is 0 Å². The molecule has 1 aromatic rings. The Bertz CT molecular complexity index is 422. The molecule has 1 rings (SSSR count). The van der Waals surface area contributed by atoms with Crippen LogP contribution in [0.4, 0.5) is 10.5 Å². The molecule has 0 aliphatic heterocycles. The van der Waals surface area contributed by atoms with Gasteiger partial charge in [-0.15, -0.1) is 0 Å². The third kappa shape index (κ3) is 6.82. The van der Waals surface area contributed by atoms with Crippen LogP contribution in [0.3, 0.4) is 0 Å². The number of aliphatic hydroxyl groups is 1. The molecular formula is C15H23NO3. The highest BCUT2D eigenvalue weighted by Gasteiger charge is 2.16. The first-order valence-corrected chi connectivity index (χ1v) is 6.53. The van der Waals surface area contributed by atoms with E-state index in [1.165, 1.54) is 0 Å². The summed E-state index contributed by atoms with van der Waals surface area (Å²) in [5, 5.41) is 12.0. The average molecular weight is 265 g/mol. The zero-order valence-electron chi connectivity index (χ0n) is 12.1. The maximum atomic E-state index is 11.6. The maximum absolute atomic E-state index is 11.6. The lowest BCUT2D eigenvalue weighted by Gasteiger charge is -2.19. The van der Waals surface area contributed by atoms with E-state index in [9.17, 15) is 9.90 Å². The van der Waals surface area contributed by atoms with Crippen LogP contribution in [0.5, 0.6) is 0 Å². The van der Waals surface area contributed by atoms with E-state index in [2.05, 4.69) is 5.32 Å². The molecule has 0 fully saturated rings. The summed E-state index contributed by atoms with van der Waals surface area (Å²) in [6.07, 6.45) is 0.708. The van der Waals surface area contributed by atoms with E-state index in [0.29, 0.717) is 12.1 Å². The van der Waals surface area contributed by atoms with E-state index in [0.717, 1.165) is 12.0 Å². The van der Waals surface area contributed by atoms with E-state index in [1.807, 2.05) is 45.0 Å². The Morgan fingerprint density at radius 3 is 2.68 bits per heavy atom. The van der Waals surface area contributed by atoms with Gasteiger partial charge in [-0.1, -0.05) is 12.1 Å². The van der Waals surface area contributed by atoms with Crippen molar-refractivity contribution in [2.24, 2.45) is 0 Å². The molecule has 0 saturated heterocycles. The Kier molecular flexibility index (Phi) is 5.36. The summed E-state index contributed by atoms with van der Waals surface area (Å²) in [5.74, 6) is 0. The molecule has 4 heteroatoms. The second-order valence-electron chi connectivity index (χ2n) is 5.71. The molecule has 0 radical (unpaired) electrons. The van der Waals surface area contributed by atoms with E-state index in [1.54, 1.807) is 6.92 Å². The van der Waals surface area contributed by atoms with Crippen molar-refractivity contribution in [3.8, 4) is 0 Å². The number of carbonyl (C=O) groups excluding carboxylic acids is 1. The second-order valence-corrected chi connectivity index (χ2v) is 5.71. The monoisotopic (exact) mass is 265 g/mol. The van der Waals surface area contributed by atoms with Gasteiger partial charge in [0.2, 0.25) is 0 Å². The molecule has 0 saturated carbocycles. The van der Waals surface area contributed by atoms with E-state index < -0.39 is 11.7 Å². The summed E-state index contributed by atoms with van der Waals surface area (Å²) in [5.41, 5.74) is 1.28. The number of benzene rings is 1. The molecule has 0 bridgehead atoms. The normalized spacial score (nSPS) is 12.9. The highest BCUT2D eigenvalue weighted by Crippen LogP contribution is 2.15. The molecule has 0 unspecified atom stereocenters. The zero-order valence-corrected chi connectivity index (χ0v) is 12.1. The Hall–Kier alpha value is -1.55. The fraction of sp³-hybridized carbons (Fsp3) is 0.533. The smallest absolute Gasteiger partial charge is 0.412 e. The van der Waals surface area contributed by atoms with Crippen molar-refractivity contribution in [3.63, 3.8) is 0 Å². The summed E-state index contributed by atoms with van der Waals surface area (Å²) in [6.45, 7) is 7.24. The van der Waals surface area contributed by atoms with Gasteiger partial charge in [-0.05, 0) is 58.2 Å². The summed E-state index contributed by atoms with van der Waals surface area (Å²) in [4.78, 5) is 11.6. The number of amides is 1. The van der Waals surface area contributed by atoms with Crippen LogP contribution in [0.1, 0.15) is 39.7 Å². The van der Waals surface area contributed by atoms with Crippen molar-refractivity contribution < 1.29 is 14.6 Å². The maximum Gasteiger partial charge on any atom is 0.412 e. The van der Waals surface area contributed by atoms with Crippen LogP contribution in [0, 0.1) is 0 Å². The number of nitrogens with one attached hydrogen (secondary N) is 1. The molecule has 0 heterocycles. The van der Waals surface area contributed by atoms with Gasteiger partial charge in [-0.3, -0.25) is 5.32 Å². The first-order chi connectivity index (χ1) is 8.76. The van der Waals surface area contributed by atoms with Crippen LogP contribution < -0.4 is 5.32 Å². The van der Waals surface area contributed by atoms with Gasteiger partial charge >= 0.3 is 6.09 Å². The Balaban J connectivity index is 2.59. The van der Waals surface area contributed by atoms with Crippen molar-refractivity contribution in [3.05, 3.63) is 29.8 Å². The van der Waals surface area contributed by atoms with Gasteiger partial charge in [0, 0.05) is 5.69 Å². The lowest BCUT2D eigenvalue weighted by Crippen LogP contribution is -2.27. The molecule has 19 heavy (non-hydrogen) atoms. The number of aliphatic hydroxyl groups excluding tert-OH is 1. The predicted octanol–water partition coefficient (Wildman–Crippen LogP) is 3.35. The summed E-state index contributed by atoms with van der Waals surface area (Å²) in [6, 6.07) is 7.56. The van der Waals surface area contributed by atoms with E-state index in [4.69, 9.17) is 4.74 Å². The largest absolute Gasteiger partial charge is 0.444 e. The predicted molar refractivity (Wildman–Crippen MR) is 76.3 cm³/mol. The number of anilines is 1. The van der Waals surface area contributed by atoms with Crippen LogP contribution in [0.25, 0.3) is 0 Å². The van der Waals surface area contributed by atoms with Crippen LogP contribution in [0.15, 0.2) is 24.3 Å². The van der Waals surface area contributed by atoms with Crippen molar-refractivity contribution in [2.45, 2.75) is 52.2 Å². The minimum Gasteiger partial charge on any atom is -0.444 e. The van der Waals surface area contributed by atoms with E-state index in [-0.39, 0.29) is 6.10 Å². The first-order valence-electron chi connectivity index (χ1n) is 6.53. The standard InChI is InChI=1S/C15H23NO3/c1-11(17)8-9-12-6-5-7-13(10-12)16-14(18)19-15(2,3)4/h5-7,10-11,17H,8-9H2,1-4H3,(H,16,18)/t11-/m0/s1. The van der Waals surface area contributed by atoms with Gasteiger partial charge in [-0.25, -0.2) is 4.79 Å². The second kappa shape index (κ2) is 6.57. The van der Waals surface area contributed by atoms with Gasteiger partial charge in [0.15, 0.2) is 0 Å². The zero-order chi connectivity index (χ0) is 14.5. The molecule has 0 aliphatic carbocycles. The topological polar surface area (TPSA) is 58.6 Å². The van der Waals surface area contributed by atoms with Crippen molar-refractivity contribution in [1.29, 1.82) is 0 Å². The molecular weight excluding hydrogens is 242 g/mol. The van der Waals surface area contributed by atoms with Crippen molar-refractivity contribution in [1.82, 2.24) is 0 Å². The van der Waals surface area contributed by atoms with Crippen molar-refractivity contribution >= 4 is 11.8 Å². The molecule has 1 aromatic carbocycles. The molecule has 0 spiro atoms. The van der Waals surface area contributed by atoms with Gasteiger partial charge in [-0.2, -0.15) is 0 Å². The molecule has 1 amide bonds. The van der Waals surface area contributed by atoms with Gasteiger partial charge in [0.25, 0.3) is 0 Å². The SMILES string of the molecule is C[C@H](O)CCc1cccc(NC(=O)OC(C)(C)C)c1. The van der Waals surface area contributed by atoms with Gasteiger partial charge in [0.05, 0.1) is 6.10 Å². The highest BCUT2D eigenvalue weighted by atomic mass is 16.6. The fourth-order valence-electron chi connectivity index (χ4n) is 1.60. The average Bonchev–Trinajstić information content (AvgIpc) is 2.24. The number of ether oxygens (including phenoxy) is 1. The quantitative estimate of drug-likeness (QED) is 0.877. The molecule has 106 valence electrons. The van der Waals surface area contributed by atoms with Gasteiger partial charge < -0.3 is 9.84 Å². The fourth-order valence-corrected chi connectivity index (χ4v) is 1.60. The minimum absolute atomic E-state index is 0.317. The molecule has 0 aromatic heterocycles. The van der Waals surface area contributed by atoms with Crippen molar-refractivity contribution in [2.75, 3.05) is 5.32 Å². The minimum atomic E-state index is -0.506. The number of carbonyl (C=O) groups is 1. The number of rotatable bonds is 4. The highest BCUT2D eigenvalue weighted by molar-refractivity contribution is 5.84. The molecule has 4 nitrogen and oxygen atoms in total. The Labute approximate surface area is 114 Å². The van der Waals surface area contributed by atoms with Crippen LogP contribution in [-0.2, 0) is 11.2 Å². The summed E-state index contributed by atoms with van der Waals surface area (Å²) in [7, 11) is 0. The lowest BCUT2D eigenvalue weighted by atomic mass is 10.1. The molecule has 0 aliphatic rings.